The van der Waals surface area contributed by atoms with Crippen LogP contribution in [0.1, 0.15) is 85.5 Å². The number of fused-ring (bicyclic) bond motifs is 7. The van der Waals surface area contributed by atoms with E-state index in [2.05, 4.69) is 27.7 Å². The zero-order valence-corrected chi connectivity index (χ0v) is 42.0. The van der Waals surface area contributed by atoms with Gasteiger partial charge in [-0.1, -0.05) is 27.7 Å². The van der Waals surface area contributed by atoms with Gasteiger partial charge in [0.25, 0.3) is 0 Å². The van der Waals surface area contributed by atoms with Crippen molar-refractivity contribution in [2.75, 3.05) is 33.0 Å². The van der Waals surface area contributed by atoms with Gasteiger partial charge in [0.05, 0.1) is 51.3 Å². The summed E-state index contributed by atoms with van der Waals surface area (Å²) in [6.07, 6.45) is -26.7. The molecule has 10 rings (SSSR count). The van der Waals surface area contributed by atoms with Gasteiger partial charge in [-0.2, -0.15) is 0 Å². The monoisotopic (exact) mass is 1050 g/mol. The van der Waals surface area contributed by atoms with Crippen LogP contribution in [0, 0.1) is 52.3 Å². The third-order valence-corrected chi connectivity index (χ3v) is 20.0. The van der Waals surface area contributed by atoms with Crippen LogP contribution in [0.15, 0.2) is 0 Å². The number of aliphatic hydroxyl groups excluding tert-OH is 13. The lowest BCUT2D eigenvalue weighted by Crippen LogP contribution is -2.68. The van der Waals surface area contributed by atoms with Crippen LogP contribution < -0.4 is 0 Å². The van der Waals surface area contributed by atoms with E-state index < -0.39 is 161 Å². The summed E-state index contributed by atoms with van der Waals surface area (Å²) in [4.78, 5) is 0. The second kappa shape index (κ2) is 21.3. The van der Waals surface area contributed by atoms with E-state index in [-0.39, 0.29) is 22.9 Å². The number of aliphatic hydroxyl groups is 13. The van der Waals surface area contributed by atoms with Crippen LogP contribution >= 0.6 is 0 Å². The highest BCUT2D eigenvalue weighted by Crippen LogP contribution is 2.71. The van der Waals surface area contributed by atoms with Crippen LogP contribution in [-0.4, -0.2) is 240 Å². The van der Waals surface area contributed by atoms with Gasteiger partial charge < -0.3 is 114 Å². The first-order valence-electron chi connectivity index (χ1n) is 26.8. The van der Waals surface area contributed by atoms with Gasteiger partial charge in [-0.15, -0.1) is 0 Å². The van der Waals surface area contributed by atoms with Gasteiger partial charge in [-0.05, 0) is 97.7 Å². The average molecular weight is 1050 g/mol. The molecule has 0 aromatic heterocycles. The van der Waals surface area contributed by atoms with Gasteiger partial charge in [0, 0.05) is 12.3 Å². The molecule has 6 aliphatic heterocycles. The Bertz CT molecular complexity index is 1860. The number of ether oxygens (including phenoxy) is 10. The molecule has 1 spiro atoms. The lowest BCUT2D eigenvalue weighted by Gasteiger charge is -2.62. The first kappa shape index (κ1) is 55.4. The standard InChI is InChI=1S/C50H82O23/c1-19-7-10-50(65-17-19)20(2)32-28(73-50)12-24-22-6-5-21-11-27(25(54)13-49(21,4)23(22)8-9-48(24,32)3)67-46-38(61)36(59)40(31(16-53)69-46)70-41-34(57)30(15-52)68-47(39(41)62)72-43-42(35(58)29(14-51)66-44(43)63)71-45-37(60)33(56)26(55)18-64-45/h19-47,51-63H,5-18H2,1-4H3. The molecule has 10 fully saturated rings. The quantitative estimate of drug-likeness (QED) is 0.0902. The molecule has 23 nitrogen and oxygen atoms in total. The Morgan fingerprint density at radius 3 is 1.89 bits per heavy atom. The Morgan fingerprint density at radius 1 is 0.534 bits per heavy atom. The summed E-state index contributed by atoms with van der Waals surface area (Å²) >= 11 is 0. The van der Waals surface area contributed by atoms with Gasteiger partial charge >= 0.3 is 0 Å². The van der Waals surface area contributed by atoms with Crippen molar-refractivity contribution in [1.82, 2.24) is 0 Å². The number of rotatable bonds is 11. The Balaban J connectivity index is 0.783. The van der Waals surface area contributed by atoms with Crippen LogP contribution in [0.5, 0.6) is 0 Å². The summed E-state index contributed by atoms with van der Waals surface area (Å²) in [6.45, 7) is 7.11. The molecule has 4 saturated carbocycles. The molecule has 73 heavy (non-hydrogen) atoms. The molecule has 0 aromatic carbocycles. The lowest BCUT2D eigenvalue weighted by atomic mass is 9.44. The van der Waals surface area contributed by atoms with Gasteiger partial charge in [-0.3, -0.25) is 0 Å². The zero-order chi connectivity index (χ0) is 52.2. The predicted molar refractivity (Wildman–Crippen MR) is 244 cm³/mol. The highest BCUT2D eigenvalue weighted by molar-refractivity contribution is 5.16. The Morgan fingerprint density at radius 2 is 1.19 bits per heavy atom. The highest BCUT2D eigenvalue weighted by Gasteiger charge is 2.70. The molecule has 32 atom stereocenters. The predicted octanol–water partition coefficient (Wildman–Crippen LogP) is -3.30. The van der Waals surface area contributed by atoms with Gasteiger partial charge in [0.15, 0.2) is 30.9 Å². The van der Waals surface area contributed by atoms with Crippen molar-refractivity contribution in [2.45, 2.75) is 226 Å². The molecule has 0 aromatic rings. The molecular formula is C50H82O23. The minimum atomic E-state index is -2.05. The van der Waals surface area contributed by atoms with Crippen LogP contribution in [-0.2, 0) is 47.4 Å². The van der Waals surface area contributed by atoms with Gasteiger partial charge in [0.1, 0.15) is 91.6 Å². The largest absolute Gasteiger partial charge is 0.394 e. The second-order valence-corrected chi connectivity index (χ2v) is 24.0. The minimum Gasteiger partial charge on any atom is -0.394 e. The fourth-order valence-corrected chi connectivity index (χ4v) is 16.0. The molecular weight excluding hydrogens is 969 g/mol. The minimum absolute atomic E-state index is 0.138. The molecule has 4 aliphatic carbocycles. The second-order valence-electron chi connectivity index (χ2n) is 24.0. The molecule has 0 radical (unpaired) electrons. The summed E-state index contributed by atoms with van der Waals surface area (Å²) in [5.74, 6) is 2.40. The first-order valence-corrected chi connectivity index (χ1v) is 26.8. The lowest BCUT2D eigenvalue weighted by molar-refractivity contribution is -0.390. The maximum absolute atomic E-state index is 11.9. The summed E-state index contributed by atoms with van der Waals surface area (Å²) < 4.78 is 59.9. The zero-order valence-electron chi connectivity index (χ0n) is 42.0. The van der Waals surface area contributed by atoms with Gasteiger partial charge in [0.2, 0.25) is 0 Å². The van der Waals surface area contributed by atoms with E-state index >= 15 is 0 Å². The average Bonchev–Trinajstić information content (AvgIpc) is 3.81. The molecule has 23 heteroatoms. The van der Waals surface area contributed by atoms with E-state index in [1.54, 1.807) is 0 Å². The van der Waals surface area contributed by atoms with Crippen molar-refractivity contribution in [3.8, 4) is 0 Å². The highest BCUT2D eigenvalue weighted by atomic mass is 16.8. The summed E-state index contributed by atoms with van der Waals surface area (Å²) in [6, 6.07) is 0. The van der Waals surface area contributed by atoms with E-state index in [9.17, 15) is 66.4 Å². The molecule has 0 amide bonds. The Kier molecular flexibility index (Phi) is 16.1. The first-order chi connectivity index (χ1) is 34.7. The van der Waals surface area contributed by atoms with Crippen molar-refractivity contribution in [3.05, 3.63) is 0 Å². The molecule has 10 aliphatic rings. The molecule has 0 bridgehead atoms. The topological polar surface area (TPSA) is 355 Å². The maximum atomic E-state index is 11.9. The number of hydrogen-bond donors (Lipinski definition) is 13. The van der Waals surface area contributed by atoms with E-state index in [4.69, 9.17) is 47.4 Å². The third kappa shape index (κ3) is 9.49. The molecule has 6 heterocycles. The molecule has 6 saturated heterocycles. The van der Waals surface area contributed by atoms with E-state index in [1.165, 1.54) is 0 Å². The fourth-order valence-electron chi connectivity index (χ4n) is 16.0. The van der Waals surface area contributed by atoms with E-state index in [1.807, 2.05) is 0 Å². The normalized spacial score (nSPS) is 58.2. The maximum Gasteiger partial charge on any atom is 0.187 e. The molecule has 420 valence electrons. The van der Waals surface area contributed by atoms with Crippen LogP contribution in [0.25, 0.3) is 0 Å². The van der Waals surface area contributed by atoms with Crippen LogP contribution in [0.3, 0.4) is 0 Å². The van der Waals surface area contributed by atoms with Crippen molar-refractivity contribution in [1.29, 1.82) is 0 Å². The fraction of sp³-hybridized carbons (Fsp3) is 1.00. The Labute approximate surface area is 424 Å². The Hall–Kier alpha value is -0.920. The van der Waals surface area contributed by atoms with E-state index in [0.29, 0.717) is 48.3 Å². The number of hydrogen-bond acceptors (Lipinski definition) is 23. The van der Waals surface area contributed by atoms with Crippen LogP contribution in [0.2, 0.25) is 0 Å². The summed E-state index contributed by atoms with van der Waals surface area (Å²) in [7, 11) is 0. The SMILES string of the molecule is CC1CCC2(OC1)OC1CC3C4CCC5CC(OC6OC(CO)C(OC7C(O)C(CO)OC(OC8C(O)OC(CO)C(O)C8OC8OCC(O)C(O)C8O)C7O)C(O)C6O)C(O)CC5(C)C4CCC3(C)C1C2C. The van der Waals surface area contributed by atoms with Crippen molar-refractivity contribution < 1.29 is 114 Å². The smallest absolute Gasteiger partial charge is 0.187 e. The third-order valence-electron chi connectivity index (χ3n) is 20.0. The van der Waals surface area contributed by atoms with Crippen molar-refractivity contribution in [3.63, 3.8) is 0 Å². The van der Waals surface area contributed by atoms with Gasteiger partial charge in [-0.25, -0.2) is 0 Å². The summed E-state index contributed by atoms with van der Waals surface area (Å²) in [5.41, 5.74) is -0.0354. The van der Waals surface area contributed by atoms with Crippen molar-refractivity contribution >= 4 is 0 Å². The van der Waals surface area contributed by atoms with E-state index in [0.717, 1.165) is 51.6 Å². The molecule has 13 N–H and O–H groups in total. The molecule has 32 unspecified atom stereocenters. The van der Waals surface area contributed by atoms with Crippen molar-refractivity contribution in [2.24, 2.45) is 52.3 Å². The summed E-state index contributed by atoms with van der Waals surface area (Å²) in [5, 5.41) is 142. The van der Waals surface area contributed by atoms with Crippen LogP contribution in [0.4, 0.5) is 0 Å².